The zero-order valence-corrected chi connectivity index (χ0v) is 11.7. The highest BCUT2D eigenvalue weighted by Gasteiger charge is 2.24. The van der Waals surface area contributed by atoms with E-state index >= 15 is 0 Å². The average molecular weight is 286 g/mol. The molecule has 0 heterocycles. The maximum Gasteiger partial charge on any atom is 0.261 e. The topological polar surface area (TPSA) is 95.5 Å². The molecule has 1 unspecified atom stereocenters. The number of hydrogen-bond acceptors (Lipinski definition) is 4. The smallest absolute Gasteiger partial charge is 0.261 e. The number of sulfonamides is 1. The van der Waals surface area contributed by atoms with Crippen molar-refractivity contribution in [1.82, 2.24) is 10.2 Å². The van der Waals surface area contributed by atoms with Crippen LogP contribution in [-0.4, -0.2) is 25.6 Å². The van der Waals surface area contributed by atoms with Crippen molar-refractivity contribution in [1.29, 1.82) is 0 Å². The van der Waals surface area contributed by atoms with Gasteiger partial charge in [0.2, 0.25) is 10.0 Å². The lowest BCUT2D eigenvalue weighted by Gasteiger charge is -2.16. The van der Waals surface area contributed by atoms with Crippen LogP contribution < -0.4 is 10.2 Å². The molecule has 3 N–H and O–H groups in total. The number of carbonyl (C=O) groups is 1. The van der Waals surface area contributed by atoms with E-state index in [9.17, 15) is 13.2 Å². The second-order valence-corrected chi connectivity index (χ2v) is 5.97. The summed E-state index contributed by atoms with van der Waals surface area (Å²) in [7, 11) is -3.78. The average Bonchev–Trinajstić information content (AvgIpc) is 2.37. The largest absolute Gasteiger partial charge is 0.289 e. The van der Waals surface area contributed by atoms with Crippen molar-refractivity contribution in [2.75, 3.05) is 0 Å². The highest BCUT2D eigenvalue weighted by molar-refractivity contribution is 7.89. The molecule has 7 heteroatoms. The van der Waals surface area contributed by atoms with E-state index in [2.05, 4.69) is 4.72 Å². The van der Waals surface area contributed by atoms with Crippen LogP contribution in [0.3, 0.4) is 0 Å². The second kappa shape index (κ2) is 6.65. The molecule has 0 aliphatic heterocycles. The Labute approximate surface area is 112 Å². The molecule has 1 rings (SSSR count). The van der Waals surface area contributed by atoms with E-state index in [-0.39, 0.29) is 4.90 Å². The van der Waals surface area contributed by atoms with Crippen molar-refractivity contribution in [3.63, 3.8) is 0 Å². The molecule has 0 aromatic heterocycles. The quantitative estimate of drug-likeness (QED) is 0.536. The van der Waals surface area contributed by atoms with Gasteiger partial charge < -0.3 is 0 Å². The number of rotatable bonds is 6. The molecule has 106 valence electrons. The van der Waals surface area contributed by atoms with Crippen molar-refractivity contribution < 1.29 is 18.4 Å². The molecule has 0 saturated carbocycles. The summed E-state index contributed by atoms with van der Waals surface area (Å²) in [5.74, 6) is -0.766. The number of amides is 1. The monoisotopic (exact) mass is 286 g/mol. The lowest BCUT2D eigenvalue weighted by molar-refractivity contribution is -0.131. The molecule has 1 aromatic rings. The Kier molecular flexibility index (Phi) is 5.46. The Morgan fingerprint density at radius 2 is 2.11 bits per heavy atom. The van der Waals surface area contributed by atoms with Gasteiger partial charge >= 0.3 is 0 Å². The van der Waals surface area contributed by atoms with E-state index in [0.29, 0.717) is 12.8 Å². The predicted octanol–water partition coefficient (Wildman–Crippen LogP) is 0.947. The Hall–Kier alpha value is -1.44. The van der Waals surface area contributed by atoms with E-state index in [4.69, 9.17) is 5.21 Å². The summed E-state index contributed by atoms with van der Waals surface area (Å²) >= 11 is 0. The van der Waals surface area contributed by atoms with E-state index in [1.54, 1.807) is 19.1 Å². The molecule has 1 amide bonds. The summed E-state index contributed by atoms with van der Waals surface area (Å²) in [5.41, 5.74) is 2.28. The standard InChI is InChI=1S/C12H18N2O4S/c1-3-5-11(12(15)13-16)14-19(17,18)10-7-4-6-9(2)8-10/h4,6-8,11,14,16H,3,5H2,1-2H3,(H,13,15). The normalized spacial score (nSPS) is 13.0. The first-order valence-electron chi connectivity index (χ1n) is 5.93. The molecule has 0 aliphatic carbocycles. The van der Waals surface area contributed by atoms with E-state index in [1.807, 2.05) is 6.92 Å². The van der Waals surface area contributed by atoms with Crippen LogP contribution in [0, 0.1) is 6.92 Å². The summed E-state index contributed by atoms with van der Waals surface area (Å²) in [6, 6.07) is 5.39. The van der Waals surface area contributed by atoms with Gasteiger partial charge in [-0.3, -0.25) is 10.0 Å². The van der Waals surface area contributed by atoms with Crippen LogP contribution in [-0.2, 0) is 14.8 Å². The first kappa shape index (κ1) is 15.6. The Morgan fingerprint density at radius 3 is 2.63 bits per heavy atom. The van der Waals surface area contributed by atoms with E-state index < -0.39 is 22.0 Å². The lowest BCUT2D eigenvalue weighted by Crippen LogP contribution is -2.45. The van der Waals surface area contributed by atoms with Crippen LogP contribution in [0.4, 0.5) is 0 Å². The van der Waals surface area contributed by atoms with Gasteiger partial charge in [-0.1, -0.05) is 25.5 Å². The number of hydroxylamine groups is 1. The molecule has 6 nitrogen and oxygen atoms in total. The molecular formula is C12H18N2O4S. The fourth-order valence-corrected chi connectivity index (χ4v) is 2.98. The molecule has 0 radical (unpaired) electrons. The van der Waals surface area contributed by atoms with Crippen LogP contribution in [0.2, 0.25) is 0 Å². The lowest BCUT2D eigenvalue weighted by atomic mass is 10.2. The van der Waals surface area contributed by atoms with Gasteiger partial charge in [0, 0.05) is 0 Å². The summed E-state index contributed by atoms with van der Waals surface area (Å²) in [5, 5.41) is 8.61. The predicted molar refractivity (Wildman–Crippen MR) is 70.1 cm³/mol. The van der Waals surface area contributed by atoms with Crippen LogP contribution in [0.25, 0.3) is 0 Å². The van der Waals surface area contributed by atoms with Gasteiger partial charge in [0.25, 0.3) is 5.91 Å². The van der Waals surface area contributed by atoms with Crippen molar-refractivity contribution in [2.24, 2.45) is 0 Å². The molecule has 1 atom stereocenters. The number of nitrogens with one attached hydrogen (secondary N) is 2. The SMILES string of the molecule is CCCC(NS(=O)(=O)c1cccc(C)c1)C(=O)NO. The minimum Gasteiger partial charge on any atom is -0.289 e. The van der Waals surface area contributed by atoms with Crippen molar-refractivity contribution in [3.05, 3.63) is 29.8 Å². The van der Waals surface area contributed by atoms with Crippen molar-refractivity contribution in [2.45, 2.75) is 37.6 Å². The van der Waals surface area contributed by atoms with Crippen LogP contribution in [0.5, 0.6) is 0 Å². The van der Waals surface area contributed by atoms with Gasteiger partial charge in [-0.05, 0) is 31.0 Å². The minimum absolute atomic E-state index is 0.0966. The number of carbonyl (C=O) groups excluding carboxylic acids is 1. The zero-order chi connectivity index (χ0) is 14.5. The van der Waals surface area contributed by atoms with Crippen molar-refractivity contribution in [3.8, 4) is 0 Å². The van der Waals surface area contributed by atoms with Gasteiger partial charge in [-0.15, -0.1) is 0 Å². The summed E-state index contributed by atoms with van der Waals surface area (Å²) < 4.78 is 26.5. The first-order valence-corrected chi connectivity index (χ1v) is 7.42. The minimum atomic E-state index is -3.78. The third-order valence-corrected chi connectivity index (χ3v) is 4.07. The molecule has 1 aromatic carbocycles. The molecule has 0 aliphatic rings. The second-order valence-electron chi connectivity index (χ2n) is 4.26. The Morgan fingerprint density at radius 1 is 1.42 bits per heavy atom. The van der Waals surface area contributed by atoms with Crippen LogP contribution in [0.15, 0.2) is 29.2 Å². The molecular weight excluding hydrogens is 268 g/mol. The van der Waals surface area contributed by atoms with Gasteiger partial charge in [-0.25, -0.2) is 13.9 Å². The highest BCUT2D eigenvalue weighted by Crippen LogP contribution is 2.12. The van der Waals surface area contributed by atoms with Gasteiger partial charge in [0.15, 0.2) is 0 Å². The third-order valence-electron chi connectivity index (χ3n) is 2.60. The Bertz CT molecular complexity index is 542. The van der Waals surface area contributed by atoms with E-state index in [1.165, 1.54) is 17.6 Å². The molecule has 19 heavy (non-hydrogen) atoms. The number of hydrogen-bond donors (Lipinski definition) is 3. The van der Waals surface area contributed by atoms with Crippen LogP contribution >= 0.6 is 0 Å². The van der Waals surface area contributed by atoms with Crippen molar-refractivity contribution >= 4 is 15.9 Å². The summed E-state index contributed by atoms with van der Waals surface area (Å²) in [6.45, 7) is 3.60. The molecule has 0 spiro atoms. The molecule has 0 bridgehead atoms. The first-order chi connectivity index (χ1) is 8.90. The van der Waals surface area contributed by atoms with Crippen LogP contribution in [0.1, 0.15) is 25.3 Å². The number of benzene rings is 1. The fraction of sp³-hybridized carbons (Fsp3) is 0.417. The summed E-state index contributed by atoms with van der Waals surface area (Å²) in [6.07, 6.45) is 0.909. The highest BCUT2D eigenvalue weighted by atomic mass is 32.2. The molecule has 0 fully saturated rings. The maximum atomic E-state index is 12.1. The Balaban J connectivity index is 2.97. The number of aryl methyl sites for hydroxylation is 1. The van der Waals surface area contributed by atoms with E-state index in [0.717, 1.165) is 5.56 Å². The third kappa shape index (κ3) is 4.30. The fourth-order valence-electron chi connectivity index (χ4n) is 1.65. The van der Waals surface area contributed by atoms with Gasteiger partial charge in [-0.2, -0.15) is 4.72 Å². The van der Waals surface area contributed by atoms with Gasteiger partial charge in [0.1, 0.15) is 6.04 Å². The van der Waals surface area contributed by atoms with Gasteiger partial charge in [0.05, 0.1) is 4.90 Å². The summed E-state index contributed by atoms with van der Waals surface area (Å²) in [4.78, 5) is 11.5. The zero-order valence-electron chi connectivity index (χ0n) is 10.9. The molecule has 0 saturated heterocycles. The maximum absolute atomic E-state index is 12.1.